The molecule has 0 fully saturated rings. The highest BCUT2D eigenvalue weighted by molar-refractivity contribution is 6.17. The van der Waals surface area contributed by atoms with Gasteiger partial charge in [0.05, 0.1) is 11.3 Å². The van der Waals surface area contributed by atoms with E-state index in [1.54, 1.807) is 7.05 Å². The number of rotatable bonds is 3. The number of aromatic amines is 1. The molecule has 2 heterocycles. The average Bonchev–Trinajstić information content (AvgIpc) is 2.93. The van der Waals surface area contributed by atoms with Crippen LogP contribution in [-0.2, 0) is 0 Å². The summed E-state index contributed by atoms with van der Waals surface area (Å²) in [6, 6.07) is 7.74. The van der Waals surface area contributed by atoms with Crippen molar-refractivity contribution in [3.63, 3.8) is 0 Å². The minimum Gasteiger partial charge on any atom is -0.383 e. The van der Waals surface area contributed by atoms with Gasteiger partial charge in [0, 0.05) is 29.7 Å². The highest BCUT2D eigenvalue weighted by Crippen LogP contribution is 2.23. The Kier molecular flexibility index (Phi) is 2.83. The molecule has 0 saturated heterocycles. The van der Waals surface area contributed by atoms with Gasteiger partial charge in [0.15, 0.2) is 0 Å². The molecule has 0 radical (unpaired) electrons. The number of nitrogen functional groups attached to an aromatic ring is 1. The molecule has 100 valence electrons. The van der Waals surface area contributed by atoms with E-state index in [4.69, 9.17) is 11.1 Å². The lowest BCUT2D eigenvalue weighted by molar-refractivity contribution is 1.15. The molecule has 2 aromatic heterocycles. The summed E-state index contributed by atoms with van der Waals surface area (Å²) in [5.74, 6) is 0.847. The lowest BCUT2D eigenvalue weighted by Gasteiger charge is -2.11. The van der Waals surface area contributed by atoms with Crippen molar-refractivity contribution in [2.24, 2.45) is 0 Å². The Bertz CT molecular complexity index is 789. The first-order valence-corrected chi connectivity index (χ1v) is 6.15. The average molecular weight is 266 g/mol. The largest absolute Gasteiger partial charge is 0.383 e. The first kappa shape index (κ1) is 12.2. The Morgan fingerprint density at radius 2 is 2.15 bits per heavy atom. The van der Waals surface area contributed by atoms with Crippen molar-refractivity contribution in [2.45, 2.75) is 0 Å². The Morgan fingerprint density at radius 3 is 2.95 bits per heavy atom. The lowest BCUT2D eigenvalue weighted by Crippen LogP contribution is -2.12. The van der Waals surface area contributed by atoms with E-state index < -0.39 is 0 Å². The second-order valence-electron chi connectivity index (χ2n) is 4.39. The Hall–Kier alpha value is -2.89. The van der Waals surface area contributed by atoms with Crippen molar-refractivity contribution in [3.8, 4) is 0 Å². The zero-order chi connectivity index (χ0) is 14.1. The van der Waals surface area contributed by atoms with Gasteiger partial charge in [-0.2, -0.15) is 0 Å². The van der Waals surface area contributed by atoms with Gasteiger partial charge in [-0.1, -0.05) is 6.07 Å². The fraction of sp³-hybridized carbons (Fsp3) is 0.0714. The van der Waals surface area contributed by atoms with E-state index in [2.05, 4.69) is 20.3 Å². The maximum absolute atomic E-state index is 8.37. The third kappa shape index (κ3) is 1.87. The van der Waals surface area contributed by atoms with Crippen LogP contribution in [0.4, 0.5) is 11.6 Å². The quantitative estimate of drug-likeness (QED) is 0.544. The molecule has 0 atom stereocenters. The molecule has 0 unspecified atom stereocenters. The summed E-state index contributed by atoms with van der Waals surface area (Å²) >= 11 is 0. The lowest BCUT2D eigenvalue weighted by atomic mass is 10.0. The number of benzene rings is 1. The molecule has 3 rings (SSSR count). The van der Waals surface area contributed by atoms with E-state index in [-0.39, 0.29) is 0 Å². The second kappa shape index (κ2) is 4.65. The van der Waals surface area contributed by atoms with Crippen molar-refractivity contribution in [1.82, 2.24) is 15.0 Å². The van der Waals surface area contributed by atoms with Crippen molar-refractivity contribution in [2.75, 3.05) is 18.1 Å². The predicted molar refractivity (Wildman–Crippen MR) is 80.2 cm³/mol. The van der Waals surface area contributed by atoms with Crippen molar-refractivity contribution < 1.29 is 0 Å². The molecule has 0 aliphatic carbocycles. The number of hydrogen-bond donors (Lipinski definition) is 4. The van der Waals surface area contributed by atoms with E-state index in [1.807, 2.05) is 30.5 Å². The summed E-state index contributed by atoms with van der Waals surface area (Å²) in [5, 5.41) is 12.4. The standard InChI is InChI=1S/C14H14N6/c1-17-14-11(13(16)19-7-20-14)12(15)9-2-3-10-8(6-9)4-5-18-10/h2-7,15,18H,1H3,(H3,16,17,19,20). The van der Waals surface area contributed by atoms with Crippen LogP contribution >= 0.6 is 0 Å². The van der Waals surface area contributed by atoms with E-state index in [1.165, 1.54) is 6.33 Å². The number of nitrogens with two attached hydrogens (primary N) is 1. The summed E-state index contributed by atoms with van der Waals surface area (Å²) in [6.45, 7) is 0. The van der Waals surface area contributed by atoms with Crippen LogP contribution in [0, 0.1) is 5.41 Å². The molecule has 0 aliphatic heterocycles. The predicted octanol–water partition coefficient (Wildman–Crippen LogP) is 2.00. The van der Waals surface area contributed by atoms with Crippen LogP contribution in [-0.4, -0.2) is 27.7 Å². The van der Waals surface area contributed by atoms with E-state index in [0.717, 1.165) is 16.5 Å². The Morgan fingerprint density at radius 1 is 1.30 bits per heavy atom. The Balaban J connectivity index is 2.12. The van der Waals surface area contributed by atoms with Gasteiger partial charge in [-0.05, 0) is 18.2 Å². The highest BCUT2D eigenvalue weighted by Gasteiger charge is 2.15. The third-order valence-corrected chi connectivity index (χ3v) is 3.21. The first-order chi connectivity index (χ1) is 9.70. The number of nitrogens with zero attached hydrogens (tertiary/aromatic N) is 2. The van der Waals surface area contributed by atoms with E-state index in [0.29, 0.717) is 22.9 Å². The molecule has 0 amide bonds. The molecule has 1 aromatic carbocycles. The smallest absolute Gasteiger partial charge is 0.140 e. The van der Waals surface area contributed by atoms with E-state index in [9.17, 15) is 0 Å². The number of fused-ring (bicyclic) bond motifs is 1. The van der Waals surface area contributed by atoms with Crippen LogP contribution in [0.3, 0.4) is 0 Å². The van der Waals surface area contributed by atoms with Gasteiger partial charge >= 0.3 is 0 Å². The molecule has 0 aliphatic rings. The van der Waals surface area contributed by atoms with Gasteiger partial charge in [0.2, 0.25) is 0 Å². The molecule has 0 saturated carbocycles. The molecular weight excluding hydrogens is 252 g/mol. The number of H-pyrrole nitrogens is 1. The van der Waals surface area contributed by atoms with Crippen LogP contribution in [0.1, 0.15) is 11.1 Å². The fourth-order valence-corrected chi connectivity index (χ4v) is 2.19. The number of anilines is 2. The molecule has 6 heteroatoms. The Labute approximate surface area is 115 Å². The van der Waals surface area contributed by atoms with Gasteiger partial charge < -0.3 is 16.0 Å². The van der Waals surface area contributed by atoms with Crippen molar-refractivity contribution in [1.29, 1.82) is 5.41 Å². The molecule has 6 nitrogen and oxygen atoms in total. The minimum atomic E-state index is 0.295. The molecule has 3 aromatic rings. The maximum Gasteiger partial charge on any atom is 0.140 e. The van der Waals surface area contributed by atoms with E-state index >= 15 is 0 Å². The molecule has 0 bridgehead atoms. The zero-order valence-electron chi connectivity index (χ0n) is 10.9. The number of nitrogens with one attached hydrogen (secondary N) is 3. The summed E-state index contributed by atoms with van der Waals surface area (Å²) < 4.78 is 0. The summed E-state index contributed by atoms with van der Waals surface area (Å²) in [6.07, 6.45) is 3.25. The van der Waals surface area contributed by atoms with Crippen LogP contribution < -0.4 is 11.1 Å². The highest BCUT2D eigenvalue weighted by atomic mass is 15.0. The number of hydrogen-bond acceptors (Lipinski definition) is 5. The van der Waals surface area contributed by atoms with Crippen molar-refractivity contribution >= 4 is 28.3 Å². The zero-order valence-corrected chi connectivity index (χ0v) is 10.9. The topological polar surface area (TPSA) is 103 Å². The van der Waals surface area contributed by atoms with Gasteiger partial charge in [-0.15, -0.1) is 0 Å². The second-order valence-corrected chi connectivity index (χ2v) is 4.39. The summed E-state index contributed by atoms with van der Waals surface area (Å²) in [7, 11) is 1.74. The monoisotopic (exact) mass is 266 g/mol. The summed E-state index contributed by atoms with van der Waals surface area (Å²) in [5.41, 5.74) is 8.52. The van der Waals surface area contributed by atoms with Gasteiger partial charge in [0.25, 0.3) is 0 Å². The van der Waals surface area contributed by atoms with Gasteiger partial charge in [-0.3, -0.25) is 5.41 Å². The maximum atomic E-state index is 8.37. The molecule has 5 N–H and O–H groups in total. The third-order valence-electron chi connectivity index (χ3n) is 3.21. The van der Waals surface area contributed by atoms with Crippen LogP contribution in [0.2, 0.25) is 0 Å². The first-order valence-electron chi connectivity index (χ1n) is 6.15. The molecular formula is C14H14N6. The molecule has 20 heavy (non-hydrogen) atoms. The minimum absolute atomic E-state index is 0.295. The van der Waals surface area contributed by atoms with Crippen LogP contribution in [0.5, 0.6) is 0 Å². The van der Waals surface area contributed by atoms with Crippen molar-refractivity contribution in [3.05, 3.63) is 47.9 Å². The SMILES string of the molecule is CNc1ncnc(N)c1C(=N)c1ccc2[nH]ccc2c1. The van der Waals surface area contributed by atoms with Gasteiger partial charge in [0.1, 0.15) is 18.0 Å². The fourth-order valence-electron chi connectivity index (χ4n) is 2.19. The van der Waals surface area contributed by atoms with Crippen LogP contribution in [0.25, 0.3) is 10.9 Å². The number of aromatic nitrogens is 3. The van der Waals surface area contributed by atoms with Gasteiger partial charge in [-0.25, -0.2) is 9.97 Å². The molecule has 0 spiro atoms. The summed E-state index contributed by atoms with van der Waals surface area (Å²) in [4.78, 5) is 11.2. The normalized spacial score (nSPS) is 10.7. The van der Waals surface area contributed by atoms with Crippen LogP contribution in [0.15, 0.2) is 36.8 Å².